The molecule has 24 heavy (non-hydrogen) atoms. The molecule has 0 amide bonds. The van der Waals surface area contributed by atoms with Crippen LogP contribution in [0.2, 0.25) is 0 Å². The van der Waals surface area contributed by atoms with Gasteiger partial charge in [-0.2, -0.15) is 0 Å². The van der Waals surface area contributed by atoms with Gasteiger partial charge in [-0.25, -0.2) is 0 Å². The number of carboxylic acid groups (broad SMARTS) is 1. The van der Waals surface area contributed by atoms with Gasteiger partial charge < -0.3 is 20.1 Å². The van der Waals surface area contributed by atoms with Crippen LogP contribution in [0.15, 0.2) is 29.7 Å². The van der Waals surface area contributed by atoms with Crippen LogP contribution in [-0.4, -0.2) is 35.9 Å². The molecule has 0 saturated carbocycles. The summed E-state index contributed by atoms with van der Waals surface area (Å²) >= 11 is 0. The number of rotatable bonds is 6. The van der Waals surface area contributed by atoms with E-state index in [0.717, 1.165) is 16.6 Å². The van der Waals surface area contributed by atoms with Crippen LogP contribution in [-0.2, 0) is 20.5 Å². The Morgan fingerprint density at radius 1 is 1.21 bits per heavy atom. The second-order valence-corrected chi connectivity index (χ2v) is 7.10. The SMILES string of the molecule is CC1(C)OB(C(=Cc2ccccc2CCC(=O)O)CN)OC1(C)C. The third-order valence-electron chi connectivity index (χ3n) is 4.80. The van der Waals surface area contributed by atoms with Crippen molar-refractivity contribution in [3.8, 4) is 0 Å². The van der Waals surface area contributed by atoms with E-state index in [0.29, 0.717) is 13.0 Å². The highest BCUT2D eigenvalue weighted by Gasteiger charge is 2.52. The predicted molar refractivity (Wildman–Crippen MR) is 95.5 cm³/mol. The van der Waals surface area contributed by atoms with Crippen LogP contribution < -0.4 is 5.73 Å². The van der Waals surface area contributed by atoms with E-state index >= 15 is 0 Å². The highest BCUT2D eigenvalue weighted by molar-refractivity contribution is 6.55. The predicted octanol–water partition coefficient (Wildman–Crippen LogP) is 2.68. The fourth-order valence-corrected chi connectivity index (χ4v) is 2.56. The molecule has 2 rings (SSSR count). The molecule has 0 aliphatic carbocycles. The minimum Gasteiger partial charge on any atom is -0.481 e. The van der Waals surface area contributed by atoms with E-state index in [4.69, 9.17) is 20.1 Å². The summed E-state index contributed by atoms with van der Waals surface area (Å²) in [7, 11) is -0.493. The van der Waals surface area contributed by atoms with Gasteiger partial charge >= 0.3 is 13.1 Å². The van der Waals surface area contributed by atoms with Crippen molar-refractivity contribution >= 4 is 19.2 Å². The van der Waals surface area contributed by atoms with Crippen LogP contribution in [0, 0.1) is 0 Å². The van der Waals surface area contributed by atoms with E-state index < -0.39 is 24.3 Å². The van der Waals surface area contributed by atoms with Crippen LogP contribution in [0.3, 0.4) is 0 Å². The number of carboxylic acids is 1. The summed E-state index contributed by atoms with van der Waals surface area (Å²) < 4.78 is 12.1. The van der Waals surface area contributed by atoms with Gasteiger partial charge in [0.1, 0.15) is 0 Å². The van der Waals surface area contributed by atoms with Crippen molar-refractivity contribution in [1.82, 2.24) is 0 Å². The molecule has 1 fully saturated rings. The number of hydrogen-bond donors (Lipinski definition) is 2. The second kappa shape index (κ2) is 7.09. The van der Waals surface area contributed by atoms with Crippen LogP contribution in [0.4, 0.5) is 0 Å². The summed E-state index contributed by atoms with van der Waals surface area (Å²) in [6.07, 6.45) is 2.53. The van der Waals surface area contributed by atoms with Gasteiger partial charge in [-0.15, -0.1) is 0 Å². The first-order valence-electron chi connectivity index (χ1n) is 8.22. The molecule has 3 N–H and O–H groups in total. The fourth-order valence-electron chi connectivity index (χ4n) is 2.56. The maximum absolute atomic E-state index is 10.8. The van der Waals surface area contributed by atoms with Gasteiger partial charge in [0, 0.05) is 13.0 Å². The van der Waals surface area contributed by atoms with Crippen molar-refractivity contribution < 1.29 is 19.2 Å². The van der Waals surface area contributed by atoms with Crippen molar-refractivity contribution in [2.24, 2.45) is 5.73 Å². The lowest BCUT2D eigenvalue weighted by molar-refractivity contribution is -0.136. The molecule has 1 aliphatic heterocycles. The third-order valence-corrected chi connectivity index (χ3v) is 4.80. The molecule has 1 aromatic carbocycles. The first kappa shape index (κ1) is 18.7. The van der Waals surface area contributed by atoms with E-state index in [1.54, 1.807) is 0 Å². The van der Waals surface area contributed by atoms with Crippen LogP contribution >= 0.6 is 0 Å². The molecule has 130 valence electrons. The summed E-state index contributed by atoms with van der Waals surface area (Å²) in [5, 5.41) is 8.91. The molecule has 5 nitrogen and oxygen atoms in total. The largest absolute Gasteiger partial charge is 0.491 e. The van der Waals surface area contributed by atoms with Gasteiger partial charge in [0.05, 0.1) is 11.2 Å². The van der Waals surface area contributed by atoms with Gasteiger partial charge in [0.15, 0.2) is 0 Å². The molecule has 1 saturated heterocycles. The Labute approximate surface area is 144 Å². The van der Waals surface area contributed by atoms with Crippen molar-refractivity contribution in [3.05, 3.63) is 40.9 Å². The lowest BCUT2D eigenvalue weighted by atomic mass is 9.76. The molecule has 1 aromatic rings. The Morgan fingerprint density at radius 2 is 1.79 bits per heavy atom. The molecule has 1 aliphatic rings. The van der Waals surface area contributed by atoms with Crippen LogP contribution in [0.5, 0.6) is 0 Å². The normalized spacial score (nSPS) is 19.5. The van der Waals surface area contributed by atoms with E-state index in [1.807, 2.05) is 58.0 Å². The highest BCUT2D eigenvalue weighted by atomic mass is 16.7. The highest BCUT2D eigenvalue weighted by Crippen LogP contribution is 2.38. The monoisotopic (exact) mass is 331 g/mol. The Balaban J connectivity index is 2.27. The van der Waals surface area contributed by atoms with Gasteiger partial charge in [0.2, 0.25) is 0 Å². The van der Waals surface area contributed by atoms with Gasteiger partial charge in [-0.05, 0) is 50.7 Å². The second-order valence-electron chi connectivity index (χ2n) is 7.10. The molecule has 6 heteroatoms. The fraction of sp³-hybridized carbons (Fsp3) is 0.500. The van der Waals surface area contributed by atoms with E-state index in [-0.39, 0.29) is 6.42 Å². The number of nitrogens with two attached hydrogens (primary N) is 1. The topological polar surface area (TPSA) is 81.8 Å². The average Bonchev–Trinajstić information content (AvgIpc) is 2.71. The molecule has 0 bridgehead atoms. The number of hydrogen-bond acceptors (Lipinski definition) is 4. The third kappa shape index (κ3) is 4.07. The standard InChI is InChI=1S/C18H26BNO4/c1-17(2)18(3,4)24-19(23-17)15(12-20)11-14-8-6-5-7-13(14)9-10-16(21)22/h5-8,11H,9-10,12,20H2,1-4H3,(H,21,22). The molecule has 0 aromatic heterocycles. The smallest absolute Gasteiger partial charge is 0.481 e. The quantitative estimate of drug-likeness (QED) is 0.783. The molecule has 0 radical (unpaired) electrons. The molecule has 0 atom stereocenters. The Morgan fingerprint density at radius 3 is 2.33 bits per heavy atom. The average molecular weight is 331 g/mol. The molecular weight excluding hydrogens is 305 g/mol. The summed E-state index contributed by atoms with van der Waals surface area (Å²) in [5.74, 6) is -0.807. The Bertz CT molecular complexity index is 624. The maximum Gasteiger partial charge on any atom is 0.491 e. The van der Waals surface area contributed by atoms with Crippen molar-refractivity contribution in [1.29, 1.82) is 0 Å². The van der Waals surface area contributed by atoms with Crippen molar-refractivity contribution in [2.45, 2.75) is 51.7 Å². The Kier molecular flexibility index (Phi) is 5.53. The zero-order valence-corrected chi connectivity index (χ0v) is 14.8. The summed E-state index contributed by atoms with van der Waals surface area (Å²) in [6, 6.07) is 7.73. The summed E-state index contributed by atoms with van der Waals surface area (Å²) in [6.45, 7) is 8.32. The summed E-state index contributed by atoms with van der Waals surface area (Å²) in [5.41, 5.74) is 7.85. The van der Waals surface area contributed by atoms with Crippen LogP contribution in [0.25, 0.3) is 6.08 Å². The van der Waals surface area contributed by atoms with E-state index in [9.17, 15) is 4.79 Å². The minimum atomic E-state index is -0.807. The number of aliphatic carboxylic acids is 1. The minimum absolute atomic E-state index is 0.0965. The van der Waals surface area contributed by atoms with Gasteiger partial charge in [0.25, 0.3) is 0 Å². The number of benzene rings is 1. The first-order valence-corrected chi connectivity index (χ1v) is 8.22. The Hall–Kier alpha value is -1.63. The number of carbonyl (C=O) groups is 1. The molecule has 0 spiro atoms. The molecule has 0 unspecified atom stereocenters. The lowest BCUT2D eigenvalue weighted by Crippen LogP contribution is -2.41. The maximum atomic E-state index is 10.8. The number of aryl methyl sites for hydroxylation is 1. The van der Waals surface area contributed by atoms with Crippen molar-refractivity contribution in [3.63, 3.8) is 0 Å². The van der Waals surface area contributed by atoms with Crippen LogP contribution in [0.1, 0.15) is 45.2 Å². The van der Waals surface area contributed by atoms with E-state index in [1.165, 1.54) is 0 Å². The zero-order valence-electron chi connectivity index (χ0n) is 14.8. The van der Waals surface area contributed by atoms with E-state index in [2.05, 4.69) is 0 Å². The molecular formula is C18H26BNO4. The zero-order chi connectivity index (χ0) is 18.0. The van der Waals surface area contributed by atoms with Gasteiger partial charge in [-0.1, -0.05) is 30.3 Å². The summed E-state index contributed by atoms with van der Waals surface area (Å²) in [4.78, 5) is 10.8. The molecule has 1 heterocycles. The van der Waals surface area contributed by atoms with Crippen molar-refractivity contribution in [2.75, 3.05) is 6.54 Å². The lowest BCUT2D eigenvalue weighted by Gasteiger charge is -2.32. The van der Waals surface area contributed by atoms with Gasteiger partial charge in [-0.3, -0.25) is 4.79 Å². The first-order chi connectivity index (χ1) is 11.2.